The molecule has 8 heteroatoms. The molecule has 104 valence electrons. The van der Waals surface area contributed by atoms with E-state index in [9.17, 15) is 12.8 Å². The lowest BCUT2D eigenvalue weighted by Crippen LogP contribution is -2.48. The Morgan fingerprint density at radius 3 is 2.50 bits per heavy atom. The fourth-order valence-corrected chi connectivity index (χ4v) is 3.54. The first-order valence-electron chi connectivity index (χ1n) is 4.87. The molecule has 1 aromatic carbocycles. The van der Waals surface area contributed by atoms with Crippen molar-refractivity contribution in [2.24, 2.45) is 5.73 Å². The molecule has 0 amide bonds. The van der Waals surface area contributed by atoms with Crippen molar-refractivity contribution in [3.63, 3.8) is 0 Å². The Bertz CT molecular complexity index is 523. The number of sulfonamides is 1. The predicted octanol–water partition coefficient (Wildman–Crippen LogP) is 2.03. The molecule has 0 heterocycles. The molecule has 0 aliphatic heterocycles. The summed E-state index contributed by atoms with van der Waals surface area (Å²) >= 11 is 3.08. The van der Waals surface area contributed by atoms with E-state index in [1.807, 2.05) is 0 Å². The van der Waals surface area contributed by atoms with E-state index >= 15 is 0 Å². The van der Waals surface area contributed by atoms with Gasteiger partial charge in [0.05, 0.1) is 4.90 Å². The summed E-state index contributed by atoms with van der Waals surface area (Å²) < 4.78 is 39.8. The third-order valence-corrected chi connectivity index (χ3v) is 4.80. The SMILES string of the molecule is CC(C)(CN)NS(=O)(=O)c1cc(F)ccc1Br.Cl. The zero-order valence-corrected chi connectivity index (χ0v) is 13.1. The van der Waals surface area contributed by atoms with Gasteiger partial charge in [-0.05, 0) is 48.0 Å². The molecule has 0 fully saturated rings. The maximum Gasteiger partial charge on any atom is 0.242 e. The number of halogens is 3. The maximum atomic E-state index is 13.1. The van der Waals surface area contributed by atoms with Gasteiger partial charge in [-0.3, -0.25) is 0 Å². The average molecular weight is 362 g/mol. The lowest BCUT2D eigenvalue weighted by molar-refractivity contribution is 0.462. The number of benzene rings is 1. The van der Waals surface area contributed by atoms with Crippen molar-refractivity contribution >= 4 is 38.4 Å². The van der Waals surface area contributed by atoms with Crippen molar-refractivity contribution in [2.45, 2.75) is 24.3 Å². The first-order chi connectivity index (χ1) is 7.68. The van der Waals surface area contributed by atoms with E-state index in [2.05, 4.69) is 20.7 Å². The van der Waals surface area contributed by atoms with Gasteiger partial charge in [-0.25, -0.2) is 17.5 Å². The molecule has 1 rings (SSSR count). The summed E-state index contributed by atoms with van der Waals surface area (Å²) in [5.41, 5.74) is 4.66. The van der Waals surface area contributed by atoms with E-state index in [0.717, 1.165) is 6.07 Å². The van der Waals surface area contributed by atoms with Crippen molar-refractivity contribution in [1.82, 2.24) is 4.72 Å². The van der Waals surface area contributed by atoms with Crippen LogP contribution in [0.1, 0.15) is 13.8 Å². The fourth-order valence-electron chi connectivity index (χ4n) is 1.14. The van der Waals surface area contributed by atoms with E-state index in [-0.39, 0.29) is 23.8 Å². The molecule has 0 radical (unpaired) electrons. The predicted molar refractivity (Wildman–Crippen MR) is 74.8 cm³/mol. The molecule has 0 saturated heterocycles. The highest BCUT2D eigenvalue weighted by Crippen LogP contribution is 2.23. The van der Waals surface area contributed by atoms with Crippen molar-refractivity contribution in [3.8, 4) is 0 Å². The number of nitrogens with two attached hydrogens (primary N) is 1. The standard InChI is InChI=1S/C10H14BrFN2O2S.ClH/c1-10(2,6-13)14-17(15,16)9-5-7(12)3-4-8(9)11;/h3-5,14H,6,13H2,1-2H3;1H. The van der Waals surface area contributed by atoms with Gasteiger partial charge in [0.1, 0.15) is 5.82 Å². The van der Waals surface area contributed by atoms with Gasteiger partial charge in [-0.1, -0.05) is 0 Å². The third kappa shape index (κ3) is 4.47. The average Bonchev–Trinajstić information content (AvgIpc) is 2.20. The fraction of sp³-hybridized carbons (Fsp3) is 0.400. The minimum atomic E-state index is -3.80. The second-order valence-electron chi connectivity index (χ2n) is 4.27. The monoisotopic (exact) mass is 360 g/mol. The summed E-state index contributed by atoms with van der Waals surface area (Å²) in [6.07, 6.45) is 0. The third-order valence-electron chi connectivity index (χ3n) is 2.10. The lowest BCUT2D eigenvalue weighted by Gasteiger charge is -2.24. The van der Waals surface area contributed by atoms with Gasteiger partial charge >= 0.3 is 0 Å². The van der Waals surface area contributed by atoms with Gasteiger partial charge in [0, 0.05) is 16.6 Å². The first kappa shape index (κ1) is 17.8. The summed E-state index contributed by atoms with van der Waals surface area (Å²) in [5.74, 6) is -0.612. The molecule has 3 N–H and O–H groups in total. The van der Waals surface area contributed by atoms with Crippen LogP contribution in [0, 0.1) is 5.82 Å². The van der Waals surface area contributed by atoms with Gasteiger partial charge < -0.3 is 5.73 Å². The summed E-state index contributed by atoms with van der Waals surface area (Å²) in [5, 5.41) is 0. The smallest absolute Gasteiger partial charge is 0.242 e. The van der Waals surface area contributed by atoms with E-state index in [1.54, 1.807) is 13.8 Å². The second kappa shape index (κ2) is 6.29. The van der Waals surface area contributed by atoms with E-state index in [0.29, 0.717) is 4.47 Å². The van der Waals surface area contributed by atoms with Crippen molar-refractivity contribution < 1.29 is 12.8 Å². The van der Waals surface area contributed by atoms with Crippen LogP contribution in [-0.2, 0) is 10.0 Å². The van der Waals surface area contributed by atoms with E-state index in [4.69, 9.17) is 5.73 Å². The van der Waals surface area contributed by atoms with Gasteiger partial charge in [0.25, 0.3) is 0 Å². The van der Waals surface area contributed by atoms with Crippen LogP contribution in [0.2, 0.25) is 0 Å². The molecular formula is C10H15BrClFN2O2S. The van der Waals surface area contributed by atoms with Crippen LogP contribution in [-0.4, -0.2) is 20.5 Å². The molecule has 0 aliphatic carbocycles. The van der Waals surface area contributed by atoms with Crippen LogP contribution in [0.5, 0.6) is 0 Å². The Kier molecular flexibility index (Phi) is 6.22. The van der Waals surface area contributed by atoms with E-state index in [1.165, 1.54) is 12.1 Å². The molecule has 18 heavy (non-hydrogen) atoms. The maximum absolute atomic E-state index is 13.1. The summed E-state index contributed by atoms with van der Waals surface area (Å²) in [6, 6.07) is 3.48. The zero-order chi connectivity index (χ0) is 13.3. The van der Waals surface area contributed by atoms with Crippen molar-refractivity contribution in [3.05, 3.63) is 28.5 Å². The van der Waals surface area contributed by atoms with Crippen molar-refractivity contribution in [2.75, 3.05) is 6.54 Å². The number of hydrogen-bond donors (Lipinski definition) is 2. The highest BCUT2D eigenvalue weighted by molar-refractivity contribution is 9.10. The molecule has 0 spiro atoms. The number of hydrogen-bond acceptors (Lipinski definition) is 3. The first-order valence-corrected chi connectivity index (χ1v) is 7.15. The molecule has 0 aliphatic rings. The molecule has 0 unspecified atom stereocenters. The quantitative estimate of drug-likeness (QED) is 0.862. The lowest BCUT2D eigenvalue weighted by atomic mass is 10.1. The van der Waals surface area contributed by atoms with Gasteiger partial charge in [0.15, 0.2) is 0 Å². The minimum absolute atomic E-state index is 0. The van der Waals surface area contributed by atoms with Crippen LogP contribution in [0.3, 0.4) is 0 Å². The summed E-state index contributed by atoms with van der Waals surface area (Å²) in [6.45, 7) is 3.44. The molecule has 0 aromatic heterocycles. The van der Waals surface area contributed by atoms with Gasteiger partial charge in [0.2, 0.25) is 10.0 Å². The molecule has 1 aromatic rings. The highest BCUT2D eigenvalue weighted by atomic mass is 79.9. The second-order valence-corrected chi connectivity index (χ2v) is 6.77. The minimum Gasteiger partial charge on any atom is -0.329 e. The summed E-state index contributed by atoms with van der Waals surface area (Å²) in [4.78, 5) is -0.140. The summed E-state index contributed by atoms with van der Waals surface area (Å²) in [7, 11) is -3.80. The van der Waals surface area contributed by atoms with Crippen LogP contribution in [0.15, 0.2) is 27.6 Å². The van der Waals surface area contributed by atoms with Gasteiger partial charge in [-0.2, -0.15) is 0 Å². The van der Waals surface area contributed by atoms with Gasteiger partial charge in [-0.15, -0.1) is 12.4 Å². The normalized spacial score (nSPS) is 12.1. The van der Waals surface area contributed by atoms with Crippen LogP contribution in [0.4, 0.5) is 4.39 Å². The Labute approximate surface area is 121 Å². The molecule has 4 nitrogen and oxygen atoms in total. The topological polar surface area (TPSA) is 72.2 Å². The largest absolute Gasteiger partial charge is 0.329 e. The molecular weight excluding hydrogens is 347 g/mol. The molecule has 0 atom stereocenters. The zero-order valence-electron chi connectivity index (χ0n) is 9.91. The highest BCUT2D eigenvalue weighted by Gasteiger charge is 2.26. The van der Waals surface area contributed by atoms with E-state index < -0.39 is 21.4 Å². The number of rotatable bonds is 4. The molecule has 0 bridgehead atoms. The Hall–Kier alpha value is -0.210. The van der Waals surface area contributed by atoms with Crippen molar-refractivity contribution in [1.29, 1.82) is 0 Å². The molecule has 0 saturated carbocycles. The van der Waals surface area contributed by atoms with Crippen LogP contribution in [0.25, 0.3) is 0 Å². The number of nitrogens with one attached hydrogen (secondary N) is 1. The Morgan fingerprint density at radius 1 is 1.44 bits per heavy atom. The van der Waals surface area contributed by atoms with Crippen LogP contribution >= 0.6 is 28.3 Å². The Balaban J connectivity index is 0.00000289. The Morgan fingerprint density at radius 2 is 2.00 bits per heavy atom. The van der Waals surface area contributed by atoms with Crippen LogP contribution < -0.4 is 10.5 Å².